The summed E-state index contributed by atoms with van der Waals surface area (Å²) in [6.07, 6.45) is 2.36. The predicted octanol–water partition coefficient (Wildman–Crippen LogP) is 3.06. The van der Waals surface area contributed by atoms with Crippen molar-refractivity contribution in [1.82, 2.24) is 9.97 Å². The molecule has 0 aromatic carbocycles. The number of carbonyl (C=O) groups excluding carboxylic acids is 1. The second kappa shape index (κ2) is 5.01. The maximum absolute atomic E-state index is 12.0. The number of anilines is 1. The van der Waals surface area contributed by atoms with Gasteiger partial charge in [0.1, 0.15) is 21.3 Å². The largest absolute Gasteiger partial charge is 0.462 e. The highest BCUT2D eigenvalue weighted by molar-refractivity contribution is 7.20. The number of nitrogens with zero attached hydrogens (tertiary/aromatic N) is 2. The van der Waals surface area contributed by atoms with Gasteiger partial charge in [-0.15, -0.1) is 11.3 Å². The molecule has 1 aliphatic rings. The standard InChI is InChI=1S/C14H17N3O2S/c1-4-19-14(18)11-7(2)10-12(17-9-5-6-9)15-8(3)16-13(10)20-11/h9H,4-6H2,1-3H3,(H,15,16,17). The molecule has 0 unspecified atom stereocenters. The number of hydrogen-bond acceptors (Lipinski definition) is 6. The van der Waals surface area contributed by atoms with Gasteiger partial charge in [0.05, 0.1) is 12.0 Å². The van der Waals surface area contributed by atoms with Gasteiger partial charge in [0.2, 0.25) is 0 Å². The first-order valence-corrected chi connectivity index (χ1v) is 7.63. The van der Waals surface area contributed by atoms with E-state index in [1.807, 2.05) is 20.8 Å². The number of ether oxygens (including phenoxy) is 1. The third-order valence-electron chi connectivity index (χ3n) is 3.28. The molecule has 2 aromatic rings. The van der Waals surface area contributed by atoms with E-state index in [9.17, 15) is 4.79 Å². The fraction of sp³-hybridized carbons (Fsp3) is 0.500. The average molecular weight is 291 g/mol. The third-order valence-corrected chi connectivity index (χ3v) is 4.45. The van der Waals surface area contributed by atoms with Crippen LogP contribution in [0.3, 0.4) is 0 Å². The molecule has 5 nitrogen and oxygen atoms in total. The zero-order valence-electron chi connectivity index (χ0n) is 11.8. The minimum Gasteiger partial charge on any atom is -0.462 e. The van der Waals surface area contributed by atoms with Gasteiger partial charge in [0.25, 0.3) is 0 Å². The molecule has 1 fully saturated rings. The van der Waals surface area contributed by atoms with Crippen LogP contribution in [0.4, 0.5) is 5.82 Å². The molecule has 0 amide bonds. The van der Waals surface area contributed by atoms with Crippen molar-refractivity contribution in [3.05, 3.63) is 16.3 Å². The van der Waals surface area contributed by atoms with Crippen LogP contribution in [0.2, 0.25) is 0 Å². The Morgan fingerprint density at radius 1 is 1.40 bits per heavy atom. The van der Waals surface area contributed by atoms with Crippen molar-refractivity contribution in [2.24, 2.45) is 0 Å². The minimum absolute atomic E-state index is 0.275. The third kappa shape index (κ3) is 2.35. The highest BCUT2D eigenvalue weighted by Crippen LogP contribution is 2.36. The average Bonchev–Trinajstić information content (AvgIpc) is 3.13. The molecule has 1 aliphatic carbocycles. The van der Waals surface area contributed by atoms with Crippen molar-refractivity contribution in [3.63, 3.8) is 0 Å². The lowest BCUT2D eigenvalue weighted by molar-refractivity contribution is 0.0531. The van der Waals surface area contributed by atoms with Gasteiger partial charge in [-0.3, -0.25) is 0 Å². The number of carbonyl (C=O) groups is 1. The Morgan fingerprint density at radius 3 is 2.80 bits per heavy atom. The number of fused-ring (bicyclic) bond motifs is 1. The van der Waals surface area contributed by atoms with E-state index in [4.69, 9.17) is 4.74 Å². The Labute approximate surface area is 121 Å². The van der Waals surface area contributed by atoms with E-state index in [1.165, 1.54) is 24.2 Å². The summed E-state index contributed by atoms with van der Waals surface area (Å²) in [6, 6.07) is 0.512. The molecule has 1 N–H and O–H groups in total. The summed E-state index contributed by atoms with van der Waals surface area (Å²) < 4.78 is 5.10. The fourth-order valence-corrected chi connectivity index (χ4v) is 3.28. The summed E-state index contributed by atoms with van der Waals surface area (Å²) in [5.41, 5.74) is 0.909. The SMILES string of the molecule is CCOC(=O)c1sc2nc(C)nc(NC3CC3)c2c1C. The first kappa shape index (κ1) is 13.3. The van der Waals surface area contributed by atoms with Crippen molar-refractivity contribution in [2.45, 2.75) is 39.7 Å². The zero-order chi connectivity index (χ0) is 14.3. The minimum atomic E-state index is -0.275. The number of hydrogen-bond donors (Lipinski definition) is 1. The van der Waals surface area contributed by atoms with Crippen molar-refractivity contribution in [1.29, 1.82) is 0 Å². The molecule has 1 saturated carbocycles. The lowest BCUT2D eigenvalue weighted by atomic mass is 10.2. The molecule has 2 aromatic heterocycles. The Kier molecular flexibility index (Phi) is 3.33. The Balaban J connectivity index is 2.11. The van der Waals surface area contributed by atoms with Gasteiger partial charge >= 0.3 is 5.97 Å². The van der Waals surface area contributed by atoms with Gasteiger partial charge in [-0.2, -0.15) is 0 Å². The van der Waals surface area contributed by atoms with Crippen LogP contribution in [0.15, 0.2) is 0 Å². The second-order valence-electron chi connectivity index (χ2n) is 4.99. The molecule has 3 rings (SSSR count). The number of thiophene rings is 1. The summed E-state index contributed by atoms with van der Waals surface area (Å²) in [6.45, 7) is 5.99. The van der Waals surface area contributed by atoms with E-state index in [2.05, 4.69) is 15.3 Å². The molecule has 0 saturated heterocycles. The normalized spacial score (nSPS) is 14.6. The van der Waals surface area contributed by atoms with Crippen LogP contribution in [0.1, 0.15) is 40.8 Å². The van der Waals surface area contributed by atoms with Crippen LogP contribution in [0.25, 0.3) is 10.2 Å². The van der Waals surface area contributed by atoms with E-state index in [1.54, 1.807) is 0 Å². The molecule has 20 heavy (non-hydrogen) atoms. The number of nitrogens with one attached hydrogen (secondary N) is 1. The molecule has 0 spiro atoms. The quantitative estimate of drug-likeness (QED) is 0.877. The van der Waals surface area contributed by atoms with Crippen molar-refractivity contribution < 1.29 is 9.53 Å². The van der Waals surface area contributed by atoms with Crippen LogP contribution in [-0.4, -0.2) is 28.6 Å². The monoisotopic (exact) mass is 291 g/mol. The van der Waals surface area contributed by atoms with Crippen LogP contribution in [0.5, 0.6) is 0 Å². The van der Waals surface area contributed by atoms with Crippen LogP contribution in [-0.2, 0) is 4.74 Å². The summed E-state index contributed by atoms with van der Waals surface area (Å²) in [7, 11) is 0. The summed E-state index contributed by atoms with van der Waals surface area (Å²) >= 11 is 1.38. The molecule has 0 radical (unpaired) electrons. The van der Waals surface area contributed by atoms with Gasteiger partial charge in [-0.25, -0.2) is 14.8 Å². The van der Waals surface area contributed by atoms with Gasteiger partial charge < -0.3 is 10.1 Å². The Hall–Kier alpha value is -1.69. The van der Waals surface area contributed by atoms with Crippen molar-refractivity contribution in [3.8, 4) is 0 Å². The number of rotatable bonds is 4. The van der Waals surface area contributed by atoms with Gasteiger partial charge in [0, 0.05) is 6.04 Å². The van der Waals surface area contributed by atoms with Crippen LogP contribution in [0, 0.1) is 13.8 Å². The maximum atomic E-state index is 12.0. The van der Waals surface area contributed by atoms with Gasteiger partial charge in [-0.05, 0) is 39.2 Å². The molecule has 2 heterocycles. The van der Waals surface area contributed by atoms with E-state index in [0.29, 0.717) is 17.5 Å². The van der Waals surface area contributed by atoms with Crippen LogP contribution < -0.4 is 5.32 Å². The number of aryl methyl sites for hydroxylation is 2. The molecule has 0 atom stereocenters. The van der Waals surface area contributed by atoms with E-state index in [0.717, 1.165) is 27.4 Å². The lowest BCUT2D eigenvalue weighted by Crippen LogP contribution is -2.06. The molecule has 0 aliphatic heterocycles. The summed E-state index contributed by atoms with van der Waals surface area (Å²) in [4.78, 5) is 22.4. The molecule has 106 valence electrons. The fourth-order valence-electron chi connectivity index (χ4n) is 2.16. The van der Waals surface area contributed by atoms with Gasteiger partial charge in [0.15, 0.2) is 0 Å². The highest BCUT2D eigenvalue weighted by atomic mass is 32.1. The van der Waals surface area contributed by atoms with Crippen molar-refractivity contribution >= 4 is 33.3 Å². The molecule has 0 bridgehead atoms. The first-order chi connectivity index (χ1) is 9.60. The maximum Gasteiger partial charge on any atom is 0.348 e. The molecular formula is C14H17N3O2S. The topological polar surface area (TPSA) is 64.1 Å². The van der Waals surface area contributed by atoms with E-state index in [-0.39, 0.29) is 5.97 Å². The summed E-state index contributed by atoms with van der Waals surface area (Å²) in [5, 5.41) is 4.38. The van der Waals surface area contributed by atoms with Gasteiger partial charge in [-0.1, -0.05) is 0 Å². The highest BCUT2D eigenvalue weighted by Gasteiger charge is 2.25. The lowest BCUT2D eigenvalue weighted by Gasteiger charge is -2.07. The van der Waals surface area contributed by atoms with E-state index >= 15 is 0 Å². The van der Waals surface area contributed by atoms with E-state index < -0.39 is 0 Å². The molecular weight excluding hydrogens is 274 g/mol. The second-order valence-corrected chi connectivity index (χ2v) is 5.99. The number of aromatic nitrogens is 2. The number of esters is 1. The zero-order valence-corrected chi connectivity index (χ0v) is 12.6. The Bertz CT molecular complexity index is 677. The predicted molar refractivity (Wildman–Crippen MR) is 79.5 cm³/mol. The smallest absolute Gasteiger partial charge is 0.348 e. The molecule has 6 heteroatoms. The summed E-state index contributed by atoms with van der Waals surface area (Å²) in [5.74, 6) is 1.29. The Morgan fingerprint density at radius 2 is 2.15 bits per heavy atom. The van der Waals surface area contributed by atoms with Crippen molar-refractivity contribution in [2.75, 3.05) is 11.9 Å². The van der Waals surface area contributed by atoms with Crippen LogP contribution >= 0.6 is 11.3 Å². The first-order valence-electron chi connectivity index (χ1n) is 6.81.